The van der Waals surface area contributed by atoms with E-state index in [0.717, 1.165) is 25.9 Å². The van der Waals surface area contributed by atoms with Crippen LogP contribution in [0.1, 0.15) is 44.3 Å². The van der Waals surface area contributed by atoms with Crippen molar-refractivity contribution < 1.29 is 9.53 Å². The van der Waals surface area contributed by atoms with Crippen molar-refractivity contribution >= 4 is 17.2 Å². The van der Waals surface area contributed by atoms with E-state index >= 15 is 0 Å². The van der Waals surface area contributed by atoms with Gasteiger partial charge in [-0.3, -0.25) is 10.1 Å². The van der Waals surface area contributed by atoms with Crippen molar-refractivity contribution in [3.05, 3.63) is 22.4 Å². The smallest absolute Gasteiger partial charge is 0.241 e. The number of hydrogen-bond donors (Lipinski definition) is 1. The number of carbonyl (C=O) groups is 1. The van der Waals surface area contributed by atoms with Crippen LogP contribution in [-0.2, 0) is 9.53 Å². The van der Waals surface area contributed by atoms with Gasteiger partial charge in [0.05, 0.1) is 12.1 Å². The fourth-order valence-electron chi connectivity index (χ4n) is 3.04. The molecule has 3 heterocycles. The molecule has 110 valence electrons. The van der Waals surface area contributed by atoms with E-state index in [1.165, 1.54) is 12.0 Å². The second kappa shape index (κ2) is 6.24. The summed E-state index contributed by atoms with van der Waals surface area (Å²) in [5, 5.41) is 7.65. The summed E-state index contributed by atoms with van der Waals surface area (Å²) in [6, 6.07) is 2.05. The second-order valence-electron chi connectivity index (χ2n) is 5.57. The molecule has 2 aliphatic rings. The summed E-state index contributed by atoms with van der Waals surface area (Å²) >= 11 is 1.68. The molecule has 0 aromatic carbocycles. The van der Waals surface area contributed by atoms with Gasteiger partial charge in [-0.25, -0.2) is 0 Å². The van der Waals surface area contributed by atoms with Gasteiger partial charge in [-0.1, -0.05) is 6.92 Å². The van der Waals surface area contributed by atoms with Crippen molar-refractivity contribution in [2.45, 2.75) is 50.9 Å². The molecule has 20 heavy (non-hydrogen) atoms. The molecule has 1 aromatic heterocycles. The molecule has 4 nitrogen and oxygen atoms in total. The maximum atomic E-state index is 12.5. The summed E-state index contributed by atoms with van der Waals surface area (Å²) in [7, 11) is 0. The molecule has 3 unspecified atom stereocenters. The highest BCUT2D eigenvalue weighted by Crippen LogP contribution is 2.29. The first kappa shape index (κ1) is 14.0. The van der Waals surface area contributed by atoms with Crippen LogP contribution in [0.15, 0.2) is 16.8 Å². The summed E-state index contributed by atoms with van der Waals surface area (Å²) in [5.41, 5.74) is 1.19. The zero-order chi connectivity index (χ0) is 13.9. The molecule has 0 bridgehead atoms. The first-order valence-electron chi connectivity index (χ1n) is 7.50. The van der Waals surface area contributed by atoms with Gasteiger partial charge < -0.3 is 9.64 Å². The average molecular weight is 294 g/mol. The van der Waals surface area contributed by atoms with E-state index in [1.54, 1.807) is 11.3 Å². The van der Waals surface area contributed by atoms with Crippen molar-refractivity contribution in [3.63, 3.8) is 0 Å². The molecule has 2 fully saturated rings. The predicted octanol–water partition coefficient (Wildman–Crippen LogP) is 2.53. The second-order valence-corrected chi connectivity index (χ2v) is 6.35. The number of thiophene rings is 1. The third-order valence-corrected chi connectivity index (χ3v) is 4.89. The zero-order valence-electron chi connectivity index (χ0n) is 11.9. The monoisotopic (exact) mass is 294 g/mol. The van der Waals surface area contributed by atoms with E-state index in [0.29, 0.717) is 6.54 Å². The van der Waals surface area contributed by atoms with Crippen LogP contribution in [-0.4, -0.2) is 36.1 Å². The normalized spacial score (nSPS) is 30.9. The van der Waals surface area contributed by atoms with Crippen LogP contribution in [0.2, 0.25) is 0 Å². The minimum Gasteiger partial charge on any atom is -0.376 e. The SMILES string of the molecule is CCC1NC(c2ccsc2)N(CC2CCCCO2)C1=O. The fraction of sp³-hybridized carbons (Fsp3) is 0.667. The quantitative estimate of drug-likeness (QED) is 0.928. The average Bonchev–Trinajstić information content (AvgIpc) is 3.10. The Morgan fingerprint density at radius 2 is 2.40 bits per heavy atom. The van der Waals surface area contributed by atoms with E-state index in [1.807, 2.05) is 4.90 Å². The number of ether oxygens (including phenoxy) is 1. The van der Waals surface area contributed by atoms with Crippen LogP contribution in [0.3, 0.4) is 0 Å². The maximum Gasteiger partial charge on any atom is 0.241 e. The van der Waals surface area contributed by atoms with Crippen LogP contribution in [0.25, 0.3) is 0 Å². The number of rotatable bonds is 4. The van der Waals surface area contributed by atoms with Gasteiger partial charge in [0, 0.05) is 13.2 Å². The van der Waals surface area contributed by atoms with E-state index in [4.69, 9.17) is 4.74 Å². The lowest BCUT2D eigenvalue weighted by Gasteiger charge is -2.30. The Morgan fingerprint density at radius 1 is 1.50 bits per heavy atom. The van der Waals surface area contributed by atoms with Crippen LogP contribution < -0.4 is 5.32 Å². The molecular weight excluding hydrogens is 272 g/mol. The highest BCUT2D eigenvalue weighted by atomic mass is 32.1. The van der Waals surface area contributed by atoms with Crippen molar-refractivity contribution in [1.29, 1.82) is 0 Å². The van der Waals surface area contributed by atoms with Crippen LogP contribution >= 0.6 is 11.3 Å². The molecule has 0 aliphatic carbocycles. The number of hydrogen-bond acceptors (Lipinski definition) is 4. The highest BCUT2D eigenvalue weighted by molar-refractivity contribution is 7.07. The number of amides is 1. The molecule has 1 N–H and O–H groups in total. The molecule has 2 aliphatic heterocycles. The van der Waals surface area contributed by atoms with E-state index in [9.17, 15) is 4.79 Å². The molecule has 0 radical (unpaired) electrons. The molecule has 2 saturated heterocycles. The summed E-state index contributed by atoms with van der Waals surface area (Å²) in [6.07, 6.45) is 4.48. The first-order valence-corrected chi connectivity index (χ1v) is 8.44. The van der Waals surface area contributed by atoms with Gasteiger partial charge in [-0.15, -0.1) is 0 Å². The lowest BCUT2D eigenvalue weighted by Crippen LogP contribution is -2.39. The summed E-state index contributed by atoms with van der Waals surface area (Å²) in [4.78, 5) is 14.5. The molecule has 0 saturated carbocycles. The Hall–Kier alpha value is -0.910. The maximum absolute atomic E-state index is 12.5. The molecule has 5 heteroatoms. The highest BCUT2D eigenvalue weighted by Gasteiger charge is 2.39. The molecule has 3 atom stereocenters. The van der Waals surface area contributed by atoms with Gasteiger partial charge in [0.15, 0.2) is 0 Å². The number of nitrogens with one attached hydrogen (secondary N) is 1. The minimum atomic E-state index is -0.0523. The molecule has 1 aromatic rings. The first-order chi connectivity index (χ1) is 9.79. The number of nitrogens with zero attached hydrogens (tertiary/aromatic N) is 1. The van der Waals surface area contributed by atoms with Crippen molar-refractivity contribution in [2.24, 2.45) is 0 Å². The topological polar surface area (TPSA) is 41.6 Å². The van der Waals surface area contributed by atoms with Crippen molar-refractivity contribution in [1.82, 2.24) is 10.2 Å². The molecule has 1 amide bonds. The van der Waals surface area contributed by atoms with Crippen LogP contribution in [0.4, 0.5) is 0 Å². The third-order valence-electron chi connectivity index (χ3n) is 4.19. The Balaban J connectivity index is 1.75. The summed E-state index contributed by atoms with van der Waals surface area (Å²) in [6.45, 7) is 3.60. The van der Waals surface area contributed by atoms with Gasteiger partial charge in [0.1, 0.15) is 6.17 Å². The van der Waals surface area contributed by atoms with Gasteiger partial charge in [0.2, 0.25) is 5.91 Å². The number of carbonyl (C=O) groups excluding carboxylic acids is 1. The van der Waals surface area contributed by atoms with E-state index in [2.05, 4.69) is 29.1 Å². The Labute approximate surface area is 124 Å². The summed E-state index contributed by atoms with van der Waals surface area (Å²) < 4.78 is 5.80. The van der Waals surface area contributed by atoms with Crippen molar-refractivity contribution in [3.8, 4) is 0 Å². The predicted molar refractivity (Wildman–Crippen MR) is 79.6 cm³/mol. The standard InChI is InChI=1S/C15H22N2O2S/c1-2-13-15(18)17(9-12-5-3-4-7-19-12)14(16-13)11-6-8-20-10-11/h6,8,10,12-14,16H,2-5,7,9H2,1H3. The van der Waals surface area contributed by atoms with Crippen LogP contribution in [0.5, 0.6) is 0 Å². The Kier molecular flexibility index (Phi) is 4.38. The van der Waals surface area contributed by atoms with E-state index < -0.39 is 0 Å². The Morgan fingerprint density at radius 3 is 3.05 bits per heavy atom. The zero-order valence-corrected chi connectivity index (χ0v) is 12.7. The van der Waals surface area contributed by atoms with E-state index in [-0.39, 0.29) is 24.2 Å². The molecular formula is C15H22N2O2S. The Bertz CT molecular complexity index is 443. The fourth-order valence-corrected chi connectivity index (χ4v) is 3.72. The minimum absolute atomic E-state index is 0.0178. The lowest BCUT2D eigenvalue weighted by molar-refractivity contribution is -0.132. The van der Waals surface area contributed by atoms with Gasteiger partial charge in [0.25, 0.3) is 0 Å². The van der Waals surface area contributed by atoms with Crippen molar-refractivity contribution in [2.75, 3.05) is 13.2 Å². The van der Waals surface area contributed by atoms with Gasteiger partial charge in [-0.2, -0.15) is 11.3 Å². The largest absolute Gasteiger partial charge is 0.376 e. The lowest BCUT2D eigenvalue weighted by atomic mass is 10.1. The van der Waals surface area contributed by atoms with Crippen LogP contribution in [0, 0.1) is 0 Å². The molecule has 0 spiro atoms. The van der Waals surface area contributed by atoms with Gasteiger partial charge in [-0.05, 0) is 48.1 Å². The third kappa shape index (κ3) is 2.75. The molecule has 3 rings (SSSR count). The van der Waals surface area contributed by atoms with Gasteiger partial charge >= 0.3 is 0 Å². The summed E-state index contributed by atoms with van der Waals surface area (Å²) in [5.74, 6) is 0.220.